The summed E-state index contributed by atoms with van der Waals surface area (Å²) in [5, 5.41) is 4.84. The summed E-state index contributed by atoms with van der Waals surface area (Å²) < 4.78 is 8.91. The molecule has 12 aromatic carbocycles. The van der Waals surface area contributed by atoms with Crippen molar-refractivity contribution in [2.75, 3.05) is 4.90 Å². The van der Waals surface area contributed by atoms with Gasteiger partial charge in [-0.2, -0.15) is 0 Å². The Bertz CT molecular complexity index is 4440. The summed E-state index contributed by atoms with van der Waals surface area (Å²) in [6.07, 6.45) is 0. The fraction of sp³-hybridized carbons (Fsp3) is 0.0137. The lowest BCUT2D eigenvalue weighted by Crippen LogP contribution is -2.26. The topological polar surface area (TPSA) is 16.4 Å². The average Bonchev–Trinajstić information content (AvgIpc) is 4.43. The van der Waals surface area contributed by atoms with Gasteiger partial charge in [0.1, 0.15) is 11.2 Å². The lowest BCUT2D eigenvalue weighted by molar-refractivity contribution is 0.669. The maximum absolute atomic E-state index is 6.30. The predicted molar refractivity (Wildman–Crippen MR) is 319 cm³/mol. The van der Waals surface area contributed by atoms with Gasteiger partial charge >= 0.3 is 0 Å². The first-order valence-corrected chi connectivity index (χ1v) is 26.9. The molecule has 0 saturated heterocycles. The Labute approximate surface area is 444 Å². The molecule has 1 spiro atoms. The van der Waals surface area contributed by atoms with Crippen LogP contribution in [0.5, 0.6) is 0 Å². The van der Waals surface area contributed by atoms with Crippen molar-refractivity contribution in [1.82, 2.24) is 0 Å². The van der Waals surface area contributed by atoms with Gasteiger partial charge in [-0.25, -0.2) is 0 Å². The fourth-order valence-electron chi connectivity index (χ4n) is 12.8. The van der Waals surface area contributed by atoms with Crippen molar-refractivity contribution in [2.45, 2.75) is 5.41 Å². The summed E-state index contributed by atoms with van der Waals surface area (Å²) in [4.78, 5) is 2.44. The Balaban J connectivity index is 0.861. The molecule has 2 heterocycles. The van der Waals surface area contributed by atoms with Crippen LogP contribution in [0.25, 0.3) is 109 Å². The second-order valence-corrected chi connectivity index (χ2v) is 21.4. The number of anilines is 3. The third-order valence-electron chi connectivity index (χ3n) is 16.3. The highest BCUT2D eigenvalue weighted by atomic mass is 32.1. The van der Waals surface area contributed by atoms with Crippen LogP contribution in [0.4, 0.5) is 17.1 Å². The van der Waals surface area contributed by atoms with Crippen LogP contribution in [0, 0.1) is 0 Å². The van der Waals surface area contributed by atoms with E-state index in [9.17, 15) is 0 Å². The Kier molecular flexibility index (Phi) is 9.45. The van der Waals surface area contributed by atoms with Crippen LogP contribution in [0.15, 0.2) is 277 Å². The Hall–Kier alpha value is -9.54. The molecular formula is C73H45NOS. The van der Waals surface area contributed by atoms with E-state index in [2.05, 4.69) is 272 Å². The number of furan rings is 1. The SMILES string of the molecule is c1ccc(-c2ccc(N(c3ccc(-c4cc(-c5ccc6oc7ccccc7c6c5)cc(-c5ccc6sc7ccccc7c6c5)c4)cc3)c3ccc4c(c3)C3(c5ccccc5-c5ccccc53)c3ccccc3-4)cc2)cc1. The van der Waals surface area contributed by atoms with Crippen molar-refractivity contribution < 1.29 is 4.42 Å². The zero-order chi connectivity index (χ0) is 49.9. The van der Waals surface area contributed by atoms with Crippen LogP contribution in [-0.2, 0) is 5.41 Å². The van der Waals surface area contributed by atoms with E-state index in [0.717, 1.165) is 61.3 Å². The summed E-state index contributed by atoms with van der Waals surface area (Å²) in [5.41, 5.74) is 24.5. The molecule has 0 amide bonds. The molecule has 0 bridgehead atoms. The van der Waals surface area contributed by atoms with Gasteiger partial charge in [0.15, 0.2) is 0 Å². The Morgan fingerprint density at radius 2 is 0.711 bits per heavy atom. The van der Waals surface area contributed by atoms with Crippen LogP contribution in [0.3, 0.4) is 0 Å². The van der Waals surface area contributed by atoms with Gasteiger partial charge in [0.25, 0.3) is 0 Å². The van der Waals surface area contributed by atoms with Crippen molar-refractivity contribution in [3.05, 3.63) is 295 Å². The standard InChI is InChI=1S/C73H45NOS/c1-2-14-46(15-3-1)47-26-32-54(33-27-47)74(56-36-37-60-59-18-6-11-23-67(59)73(68(60)45-56)65-21-9-4-16-57(65)58-17-5-10-22-66(58)73)55-34-28-48(29-35-55)51-40-52(49-30-38-70-63(43-49)61-19-7-12-24-69(61)75-70)42-53(41-51)50-31-39-72-64(44-50)62-20-8-13-25-71(62)76-72/h1-45H. The smallest absolute Gasteiger partial charge is 0.135 e. The van der Waals surface area contributed by atoms with Gasteiger partial charge < -0.3 is 9.32 Å². The van der Waals surface area contributed by atoms with E-state index >= 15 is 0 Å². The van der Waals surface area contributed by atoms with E-state index in [1.165, 1.54) is 86.9 Å². The molecule has 0 N–H and O–H groups in total. The largest absolute Gasteiger partial charge is 0.456 e. The third kappa shape index (κ3) is 6.46. The Morgan fingerprint density at radius 3 is 1.37 bits per heavy atom. The minimum Gasteiger partial charge on any atom is -0.456 e. The molecule has 0 atom stereocenters. The molecule has 0 aliphatic heterocycles. The summed E-state index contributed by atoms with van der Waals surface area (Å²) in [5.74, 6) is 0. The number of benzene rings is 12. The van der Waals surface area contributed by atoms with E-state index in [1.54, 1.807) is 0 Å². The molecule has 0 unspecified atom stereocenters. The number of rotatable bonds is 7. The second-order valence-electron chi connectivity index (χ2n) is 20.3. The molecule has 2 aromatic heterocycles. The number of hydrogen-bond donors (Lipinski definition) is 0. The Morgan fingerprint density at radius 1 is 0.263 bits per heavy atom. The van der Waals surface area contributed by atoms with Crippen molar-refractivity contribution in [3.8, 4) is 66.8 Å². The summed E-state index contributed by atoms with van der Waals surface area (Å²) in [6.45, 7) is 0. The number of nitrogens with zero attached hydrogens (tertiary/aromatic N) is 1. The zero-order valence-electron chi connectivity index (χ0n) is 41.2. The monoisotopic (exact) mass is 983 g/mol. The average molecular weight is 984 g/mol. The minimum atomic E-state index is -0.458. The lowest BCUT2D eigenvalue weighted by Gasteiger charge is -2.32. The van der Waals surface area contributed by atoms with Crippen molar-refractivity contribution >= 4 is 70.5 Å². The van der Waals surface area contributed by atoms with Crippen LogP contribution in [0.1, 0.15) is 22.3 Å². The highest BCUT2D eigenvalue weighted by molar-refractivity contribution is 7.25. The molecule has 0 saturated carbocycles. The molecule has 354 valence electrons. The normalized spacial score (nSPS) is 12.8. The molecule has 14 aromatic rings. The number of thiophene rings is 1. The van der Waals surface area contributed by atoms with Gasteiger partial charge in [-0.1, -0.05) is 182 Å². The summed E-state index contributed by atoms with van der Waals surface area (Å²) in [6, 6.07) is 101. The zero-order valence-corrected chi connectivity index (χ0v) is 42.1. The molecule has 2 aliphatic rings. The molecule has 3 heteroatoms. The molecule has 76 heavy (non-hydrogen) atoms. The van der Waals surface area contributed by atoms with Gasteiger partial charge in [0.2, 0.25) is 0 Å². The van der Waals surface area contributed by atoms with E-state index < -0.39 is 5.41 Å². The number of para-hydroxylation sites is 1. The van der Waals surface area contributed by atoms with Crippen molar-refractivity contribution in [2.24, 2.45) is 0 Å². The van der Waals surface area contributed by atoms with Gasteiger partial charge in [0.05, 0.1) is 5.41 Å². The highest BCUT2D eigenvalue weighted by Crippen LogP contribution is 2.63. The van der Waals surface area contributed by atoms with Gasteiger partial charge in [-0.05, 0) is 180 Å². The number of fused-ring (bicyclic) bond motifs is 16. The molecule has 2 aliphatic carbocycles. The molecule has 16 rings (SSSR count). The first-order chi connectivity index (χ1) is 37.6. The summed E-state index contributed by atoms with van der Waals surface area (Å²) in [7, 11) is 0. The maximum Gasteiger partial charge on any atom is 0.135 e. The molecule has 0 radical (unpaired) electrons. The van der Waals surface area contributed by atoms with Crippen LogP contribution >= 0.6 is 11.3 Å². The fourth-order valence-corrected chi connectivity index (χ4v) is 13.9. The van der Waals surface area contributed by atoms with Crippen LogP contribution in [0.2, 0.25) is 0 Å². The van der Waals surface area contributed by atoms with Gasteiger partial charge in [-0.15, -0.1) is 11.3 Å². The van der Waals surface area contributed by atoms with Crippen LogP contribution in [-0.4, -0.2) is 0 Å². The van der Waals surface area contributed by atoms with Crippen molar-refractivity contribution in [1.29, 1.82) is 0 Å². The van der Waals surface area contributed by atoms with Crippen molar-refractivity contribution in [3.63, 3.8) is 0 Å². The predicted octanol–water partition coefficient (Wildman–Crippen LogP) is 20.4. The van der Waals surface area contributed by atoms with Crippen LogP contribution < -0.4 is 4.90 Å². The lowest BCUT2D eigenvalue weighted by atomic mass is 9.70. The first-order valence-electron chi connectivity index (χ1n) is 26.1. The molecular weight excluding hydrogens is 939 g/mol. The van der Waals surface area contributed by atoms with Gasteiger partial charge in [0, 0.05) is 48.0 Å². The second kappa shape index (κ2) is 16.7. The molecule has 2 nitrogen and oxygen atoms in total. The first kappa shape index (κ1) is 42.9. The van der Waals surface area contributed by atoms with E-state index in [-0.39, 0.29) is 0 Å². The van der Waals surface area contributed by atoms with E-state index in [4.69, 9.17) is 4.42 Å². The third-order valence-corrected chi connectivity index (χ3v) is 17.4. The van der Waals surface area contributed by atoms with Gasteiger partial charge in [-0.3, -0.25) is 0 Å². The quantitative estimate of drug-likeness (QED) is 0.158. The highest BCUT2D eigenvalue weighted by Gasteiger charge is 2.51. The summed E-state index contributed by atoms with van der Waals surface area (Å²) >= 11 is 1.86. The number of hydrogen-bond acceptors (Lipinski definition) is 3. The minimum absolute atomic E-state index is 0.458. The maximum atomic E-state index is 6.30. The van der Waals surface area contributed by atoms with E-state index in [1.807, 2.05) is 17.4 Å². The molecule has 0 fully saturated rings. The van der Waals surface area contributed by atoms with E-state index in [0.29, 0.717) is 0 Å².